The lowest BCUT2D eigenvalue weighted by atomic mass is 10.2. The predicted octanol–water partition coefficient (Wildman–Crippen LogP) is 2.89. The van der Waals surface area contributed by atoms with Crippen molar-refractivity contribution >= 4 is 23.0 Å². The van der Waals surface area contributed by atoms with Crippen molar-refractivity contribution < 1.29 is 19.7 Å². The summed E-state index contributed by atoms with van der Waals surface area (Å²) in [6.45, 7) is 0.441. The van der Waals surface area contributed by atoms with Crippen molar-refractivity contribution in [3.8, 4) is 0 Å². The van der Waals surface area contributed by atoms with Gasteiger partial charge in [0.05, 0.1) is 36.8 Å². The maximum Gasteiger partial charge on any atom is 0.335 e. The zero-order chi connectivity index (χ0) is 16.7. The van der Waals surface area contributed by atoms with Crippen LogP contribution in [0.4, 0.5) is 17.1 Å². The van der Waals surface area contributed by atoms with Crippen LogP contribution < -0.4 is 5.73 Å². The molecule has 0 aromatic heterocycles. The summed E-state index contributed by atoms with van der Waals surface area (Å²) in [5.74, 6) is -1.02. The van der Waals surface area contributed by atoms with Gasteiger partial charge in [0.15, 0.2) is 0 Å². The molecule has 120 valence electrons. The number of rotatable bonds is 7. The van der Waals surface area contributed by atoms with E-state index in [0.717, 1.165) is 5.56 Å². The Morgan fingerprint density at radius 3 is 2.57 bits per heavy atom. The molecule has 0 aliphatic carbocycles. The van der Waals surface area contributed by atoms with Crippen molar-refractivity contribution in [3.05, 3.63) is 53.6 Å². The summed E-state index contributed by atoms with van der Waals surface area (Å²) in [7, 11) is 0. The van der Waals surface area contributed by atoms with Crippen LogP contribution in [0.3, 0.4) is 0 Å². The van der Waals surface area contributed by atoms with Crippen molar-refractivity contribution in [3.63, 3.8) is 0 Å². The van der Waals surface area contributed by atoms with Gasteiger partial charge >= 0.3 is 5.97 Å². The molecule has 0 amide bonds. The van der Waals surface area contributed by atoms with Crippen LogP contribution in [-0.4, -0.2) is 29.4 Å². The molecule has 23 heavy (non-hydrogen) atoms. The van der Waals surface area contributed by atoms with E-state index >= 15 is 0 Å². The number of nitrogen functional groups attached to an aromatic ring is 1. The Bertz CT molecular complexity index is 716. The number of aliphatic hydroxyl groups excluding tert-OH is 1. The fourth-order valence-corrected chi connectivity index (χ4v) is 1.84. The fourth-order valence-electron chi connectivity index (χ4n) is 1.84. The number of azo groups is 1. The van der Waals surface area contributed by atoms with Crippen LogP contribution in [0.2, 0.25) is 0 Å². The number of benzene rings is 2. The summed E-state index contributed by atoms with van der Waals surface area (Å²) < 4.78 is 5.24. The van der Waals surface area contributed by atoms with E-state index in [1.165, 1.54) is 12.1 Å². The molecule has 0 spiro atoms. The van der Waals surface area contributed by atoms with E-state index in [-0.39, 0.29) is 25.4 Å². The summed E-state index contributed by atoms with van der Waals surface area (Å²) in [6.07, 6.45) is 0. The summed E-state index contributed by atoms with van der Waals surface area (Å²) >= 11 is 0. The van der Waals surface area contributed by atoms with Gasteiger partial charge in [-0.25, -0.2) is 4.79 Å². The molecule has 2 aromatic carbocycles. The van der Waals surface area contributed by atoms with Gasteiger partial charge in [-0.1, -0.05) is 6.07 Å². The standard InChI is InChI=1S/C16H17N3O4/c17-15-5-4-14(9-12(15)10-23-7-6-20)19-18-13-3-1-2-11(8-13)16(21)22/h1-5,8-9,20H,6-7,10,17H2,(H,21,22). The zero-order valence-electron chi connectivity index (χ0n) is 12.3. The molecule has 0 radical (unpaired) electrons. The Hall–Kier alpha value is -2.77. The van der Waals surface area contributed by atoms with Gasteiger partial charge in [0.2, 0.25) is 0 Å². The third kappa shape index (κ3) is 4.87. The molecule has 4 N–H and O–H groups in total. The minimum atomic E-state index is -1.02. The number of aromatic carboxylic acids is 1. The highest BCUT2D eigenvalue weighted by molar-refractivity contribution is 5.88. The molecular weight excluding hydrogens is 298 g/mol. The van der Waals surface area contributed by atoms with Crippen LogP contribution in [0.25, 0.3) is 0 Å². The van der Waals surface area contributed by atoms with Crippen LogP contribution in [0, 0.1) is 0 Å². The van der Waals surface area contributed by atoms with Gasteiger partial charge in [-0.2, -0.15) is 10.2 Å². The summed E-state index contributed by atoms with van der Waals surface area (Å²) in [5, 5.41) is 25.8. The molecule has 0 bridgehead atoms. The highest BCUT2D eigenvalue weighted by Crippen LogP contribution is 2.23. The number of aliphatic hydroxyl groups is 1. The lowest BCUT2D eigenvalue weighted by molar-refractivity contribution is 0.0697. The van der Waals surface area contributed by atoms with Gasteiger partial charge in [-0.15, -0.1) is 0 Å². The number of carboxylic acids is 1. The van der Waals surface area contributed by atoms with Gasteiger partial charge < -0.3 is 20.7 Å². The third-order valence-corrected chi connectivity index (χ3v) is 2.99. The van der Waals surface area contributed by atoms with Crippen molar-refractivity contribution in [2.24, 2.45) is 10.2 Å². The number of hydrogen-bond acceptors (Lipinski definition) is 6. The molecule has 0 aliphatic heterocycles. The number of hydrogen-bond donors (Lipinski definition) is 3. The number of ether oxygens (including phenoxy) is 1. The Balaban J connectivity index is 2.14. The molecule has 0 heterocycles. The van der Waals surface area contributed by atoms with Crippen LogP contribution in [-0.2, 0) is 11.3 Å². The molecule has 0 unspecified atom stereocenters. The first-order valence-corrected chi connectivity index (χ1v) is 6.92. The average molecular weight is 315 g/mol. The number of carboxylic acid groups (broad SMARTS) is 1. The number of nitrogens with zero attached hydrogens (tertiary/aromatic N) is 2. The summed E-state index contributed by atoms with van der Waals surface area (Å²) in [4.78, 5) is 10.9. The Kier molecular flexibility index (Phi) is 5.79. The highest BCUT2D eigenvalue weighted by Gasteiger charge is 2.04. The largest absolute Gasteiger partial charge is 0.478 e. The number of nitrogens with two attached hydrogens (primary N) is 1. The molecular formula is C16H17N3O4. The number of carbonyl (C=O) groups is 1. The normalized spacial score (nSPS) is 11.0. The Morgan fingerprint density at radius 2 is 1.87 bits per heavy atom. The maximum atomic E-state index is 10.9. The van der Waals surface area contributed by atoms with E-state index in [1.807, 2.05) is 0 Å². The van der Waals surface area contributed by atoms with Crippen LogP contribution in [0.1, 0.15) is 15.9 Å². The molecule has 0 fully saturated rings. The first-order valence-electron chi connectivity index (χ1n) is 6.92. The van der Waals surface area contributed by atoms with E-state index < -0.39 is 5.97 Å². The molecule has 2 rings (SSSR count). The fraction of sp³-hybridized carbons (Fsp3) is 0.188. The Labute approximate surface area is 133 Å². The zero-order valence-corrected chi connectivity index (χ0v) is 12.3. The highest BCUT2D eigenvalue weighted by atomic mass is 16.5. The first-order chi connectivity index (χ1) is 11.1. The number of anilines is 1. The lowest BCUT2D eigenvalue weighted by Crippen LogP contribution is -2.01. The van der Waals surface area contributed by atoms with Crippen molar-refractivity contribution in [2.45, 2.75) is 6.61 Å². The SMILES string of the molecule is Nc1ccc(N=Nc2cccc(C(=O)O)c2)cc1COCCO. The van der Waals surface area contributed by atoms with Crippen LogP contribution in [0.15, 0.2) is 52.7 Å². The van der Waals surface area contributed by atoms with Gasteiger partial charge in [-0.05, 0) is 36.4 Å². The molecule has 2 aromatic rings. The van der Waals surface area contributed by atoms with Crippen molar-refractivity contribution in [1.29, 1.82) is 0 Å². The minimum Gasteiger partial charge on any atom is -0.478 e. The second-order valence-corrected chi connectivity index (χ2v) is 4.71. The van der Waals surface area contributed by atoms with Crippen LogP contribution in [0.5, 0.6) is 0 Å². The van der Waals surface area contributed by atoms with Crippen molar-refractivity contribution in [1.82, 2.24) is 0 Å². The molecule has 0 saturated carbocycles. The quantitative estimate of drug-likeness (QED) is 0.412. The molecule has 7 heteroatoms. The van der Waals surface area contributed by atoms with E-state index in [1.54, 1.807) is 30.3 Å². The lowest BCUT2D eigenvalue weighted by Gasteiger charge is -2.06. The van der Waals surface area contributed by atoms with E-state index in [4.69, 9.17) is 20.7 Å². The van der Waals surface area contributed by atoms with E-state index in [9.17, 15) is 4.79 Å². The molecule has 7 nitrogen and oxygen atoms in total. The van der Waals surface area contributed by atoms with E-state index in [2.05, 4.69) is 10.2 Å². The van der Waals surface area contributed by atoms with Crippen LogP contribution >= 0.6 is 0 Å². The van der Waals surface area contributed by atoms with E-state index in [0.29, 0.717) is 17.1 Å². The minimum absolute atomic E-state index is 0.0563. The van der Waals surface area contributed by atoms with Gasteiger partial charge in [0.1, 0.15) is 0 Å². The second-order valence-electron chi connectivity index (χ2n) is 4.71. The average Bonchev–Trinajstić information content (AvgIpc) is 2.55. The molecule has 0 aliphatic rings. The van der Waals surface area contributed by atoms with Gasteiger partial charge in [0, 0.05) is 11.3 Å². The molecule has 0 saturated heterocycles. The topological polar surface area (TPSA) is 118 Å². The van der Waals surface area contributed by atoms with Crippen molar-refractivity contribution in [2.75, 3.05) is 18.9 Å². The summed E-state index contributed by atoms with van der Waals surface area (Å²) in [5.41, 5.74) is 8.33. The first kappa shape index (κ1) is 16.6. The predicted molar refractivity (Wildman–Crippen MR) is 85.2 cm³/mol. The molecule has 0 atom stereocenters. The monoisotopic (exact) mass is 315 g/mol. The maximum absolute atomic E-state index is 10.9. The smallest absolute Gasteiger partial charge is 0.335 e. The van der Waals surface area contributed by atoms with Gasteiger partial charge in [0.25, 0.3) is 0 Å². The third-order valence-electron chi connectivity index (χ3n) is 2.99. The second kappa shape index (κ2) is 8.02. The Morgan fingerprint density at radius 1 is 1.13 bits per heavy atom. The summed E-state index contributed by atoms with van der Waals surface area (Å²) in [6, 6.07) is 11.3. The van der Waals surface area contributed by atoms with Gasteiger partial charge in [-0.3, -0.25) is 0 Å².